The van der Waals surface area contributed by atoms with Crippen LogP contribution in [0.25, 0.3) is 11.3 Å². The summed E-state index contributed by atoms with van der Waals surface area (Å²) < 4.78 is 34.9. The Bertz CT molecular complexity index is 1130. The Morgan fingerprint density at radius 2 is 1.85 bits per heavy atom. The molecule has 0 atom stereocenters. The van der Waals surface area contributed by atoms with Crippen LogP contribution in [0.1, 0.15) is 51.3 Å². The molecule has 0 unspecified atom stereocenters. The Morgan fingerprint density at radius 3 is 2.45 bits per heavy atom. The maximum absolute atomic E-state index is 12.4. The van der Waals surface area contributed by atoms with Crippen molar-refractivity contribution in [2.45, 2.75) is 63.4 Å². The van der Waals surface area contributed by atoms with E-state index in [0.29, 0.717) is 24.5 Å². The van der Waals surface area contributed by atoms with Gasteiger partial charge in [-0.05, 0) is 69.5 Å². The molecule has 4 rings (SSSR count). The Kier molecular flexibility index (Phi) is 6.11. The number of aromatic nitrogens is 2. The van der Waals surface area contributed by atoms with E-state index < -0.39 is 15.4 Å². The molecule has 1 spiro atoms. The number of amides is 1. The van der Waals surface area contributed by atoms with E-state index in [1.807, 2.05) is 32.9 Å². The predicted octanol–water partition coefficient (Wildman–Crippen LogP) is 3.78. The quantitative estimate of drug-likeness (QED) is 0.669. The van der Waals surface area contributed by atoms with Gasteiger partial charge in [0, 0.05) is 37.8 Å². The first-order chi connectivity index (χ1) is 15.4. The fourth-order valence-electron chi connectivity index (χ4n) is 4.32. The SMILES string of the molecule is CC(C)(C)OC(=O)N1CCC2(CCc3cc(-c4ccc(CS(C)(=O)=O)nn4)ccc3O2)CC1. The van der Waals surface area contributed by atoms with Crippen LogP contribution in [0.4, 0.5) is 4.79 Å². The zero-order valence-corrected chi connectivity index (χ0v) is 20.4. The molecule has 1 aromatic carbocycles. The highest BCUT2D eigenvalue weighted by Crippen LogP contribution is 2.40. The number of piperidine rings is 1. The molecular weight excluding hydrogens is 442 g/mol. The van der Waals surface area contributed by atoms with Crippen LogP contribution in [0.2, 0.25) is 0 Å². The number of carbonyl (C=O) groups is 1. The summed E-state index contributed by atoms with van der Waals surface area (Å²) in [6.07, 6.45) is 4.25. The molecule has 178 valence electrons. The summed E-state index contributed by atoms with van der Waals surface area (Å²) >= 11 is 0. The number of ether oxygens (including phenoxy) is 2. The lowest BCUT2D eigenvalue weighted by molar-refractivity contribution is -0.0272. The summed E-state index contributed by atoms with van der Waals surface area (Å²) in [5, 5.41) is 8.27. The smallest absolute Gasteiger partial charge is 0.410 e. The molecule has 0 saturated carbocycles. The minimum absolute atomic E-state index is 0.119. The van der Waals surface area contributed by atoms with E-state index in [1.165, 1.54) is 6.26 Å². The second-order valence-corrected chi connectivity index (χ2v) is 12.2. The van der Waals surface area contributed by atoms with E-state index in [2.05, 4.69) is 16.3 Å². The largest absolute Gasteiger partial charge is 0.487 e. The minimum Gasteiger partial charge on any atom is -0.487 e. The summed E-state index contributed by atoms with van der Waals surface area (Å²) in [4.78, 5) is 14.1. The third-order valence-corrected chi connectivity index (χ3v) is 6.81. The number of benzene rings is 1. The van der Waals surface area contributed by atoms with Crippen molar-refractivity contribution in [2.24, 2.45) is 0 Å². The first-order valence-corrected chi connectivity index (χ1v) is 13.3. The molecule has 1 amide bonds. The maximum atomic E-state index is 12.4. The molecule has 1 saturated heterocycles. The lowest BCUT2D eigenvalue weighted by Crippen LogP contribution is -2.52. The number of sulfone groups is 1. The highest BCUT2D eigenvalue weighted by atomic mass is 32.2. The molecule has 0 radical (unpaired) electrons. The van der Waals surface area contributed by atoms with Crippen molar-refractivity contribution in [3.8, 4) is 17.0 Å². The highest BCUT2D eigenvalue weighted by Gasteiger charge is 2.41. The molecule has 33 heavy (non-hydrogen) atoms. The van der Waals surface area contributed by atoms with Gasteiger partial charge in [0.2, 0.25) is 0 Å². The topological polar surface area (TPSA) is 98.7 Å². The molecule has 0 N–H and O–H groups in total. The van der Waals surface area contributed by atoms with Gasteiger partial charge in [0.15, 0.2) is 9.84 Å². The molecule has 2 aromatic rings. The van der Waals surface area contributed by atoms with Crippen LogP contribution in [-0.2, 0) is 26.7 Å². The van der Waals surface area contributed by atoms with Gasteiger partial charge in [-0.3, -0.25) is 0 Å². The van der Waals surface area contributed by atoms with Crippen molar-refractivity contribution in [3.63, 3.8) is 0 Å². The number of hydrogen-bond donors (Lipinski definition) is 0. The summed E-state index contributed by atoms with van der Waals surface area (Å²) in [5.74, 6) is 0.753. The number of hydrogen-bond acceptors (Lipinski definition) is 7. The number of fused-ring (bicyclic) bond motifs is 1. The minimum atomic E-state index is -3.14. The van der Waals surface area contributed by atoms with Crippen molar-refractivity contribution >= 4 is 15.9 Å². The Morgan fingerprint density at radius 1 is 1.12 bits per heavy atom. The van der Waals surface area contributed by atoms with E-state index in [4.69, 9.17) is 9.47 Å². The summed E-state index contributed by atoms with van der Waals surface area (Å²) in [6.45, 7) is 6.87. The standard InChI is InChI=1S/C24H31N3O5S/c1-23(2,3)32-22(28)27-13-11-24(12-14-27)10-9-18-15-17(5-8-21(18)31-24)20-7-6-19(25-26-20)16-33(4,29)30/h5-8,15H,9-14,16H2,1-4H3. The van der Waals surface area contributed by atoms with Crippen LogP contribution in [-0.4, -0.2) is 60.2 Å². The number of likely N-dealkylation sites (tertiary alicyclic amines) is 1. The second kappa shape index (κ2) is 8.59. The van der Waals surface area contributed by atoms with Crippen molar-refractivity contribution in [3.05, 3.63) is 41.6 Å². The highest BCUT2D eigenvalue weighted by molar-refractivity contribution is 7.89. The van der Waals surface area contributed by atoms with Crippen LogP contribution in [0.15, 0.2) is 30.3 Å². The van der Waals surface area contributed by atoms with Crippen LogP contribution < -0.4 is 4.74 Å². The van der Waals surface area contributed by atoms with Crippen molar-refractivity contribution in [2.75, 3.05) is 19.3 Å². The predicted molar refractivity (Wildman–Crippen MR) is 125 cm³/mol. The van der Waals surface area contributed by atoms with Gasteiger partial charge in [0.05, 0.1) is 17.1 Å². The van der Waals surface area contributed by atoms with Gasteiger partial charge in [-0.1, -0.05) is 0 Å². The molecular formula is C24H31N3O5S. The van der Waals surface area contributed by atoms with Crippen LogP contribution in [0, 0.1) is 0 Å². The fraction of sp³-hybridized carbons (Fsp3) is 0.542. The van der Waals surface area contributed by atoms with Crippen LogP contribution in [0.3, 0.4) is 0 Å². The van der Waals surface area contributed by atoms with E-state index in [9.17, 15) is 13.2 Å². The molecule has 9 heteroatoms. The lowest BCUT2D eigenvalue weighted by Gasteiger charge is -2.44. The number of carbonyl (C=O) groups excluding carboxylic acids is 1. The summed E-state index contributed by atoms with van der Waals surface area (Å²) in [7, 11) is -3.14. The lowest BCUT2D eigenvalue weighted by atomic mass is 9.83. The Labute approximate surface area is 195 Å². The number of aryl methyl sites for hydroxylation is 1. The van der Waals surface area contributed by atoms with Gasteiger partial charge in [0.1, 0.15) is 17.0 Å². The van der Waals surface area contributed by atoms with Crippen LogP contribution >= 0.6 is 0 Å². The number of rotatable bonds is 3. The monoisotopic (exact) mass is 473 g/mol. The third-order valence-electron chi connectivity index (χ3n) is 5.99. The Balaban J connectivity index is 1.41. The maximum Gasteiger partial charge on any atom is 0.410 e. The van der Waals surface area contributed by atoms with Gasteiger partial charge in [-0.25, -0.2) is 13.2 Å². The molecule has 0 aliphatic carbocycles. The van der Waals surface area contributed by atoms with Gasteiger partial charge in [-0.2, -0.15) is 10.2 Å². The number of nitrogens with zero attached hydrogens (tertiary/aromatic N) is 3. The fourth-order valence-corrected chi connectivity index (χ4v) is 5.01. The second-order valence-electron chi connectivity index (χ2n) is 10.1. The molecule has 2 aliphatic rings. The van der Waals surface area contributed by atoms with Crippen molar-refractivity contribution in [1.82, 2.24) is 15.1 Å². The van der Waals surface area contributed by atoms with E-state index in [1.54, 1.807) is 17.0 Å². The van der Waals surface area contributed by atoms with Gasteiger partial charge >= 0.3 is 6.09 Å². The average molecular weight is 474 g/mol. The van der Waals surface area contributed by atoms with E-state index >= 15 is 0 Å². The normalized spacial score (nSPS) is 17.9. The first kappa shape index (κ1) is 23.5. The molecule has 2 aliphatic heterocycles. The van der Waals surface area contributed by atoms with Gasteiger partial charge < -0.3 is 14.4 Å². The van der Waals surface area contributed by atoms with Crippen molar-refractivity contribution < 1.29 is 22.7 Å². The molecule has 1 fully saturated rings. The van der Waals surface area contributed by atoms with Crippen LogP contribution in [0.5, 0.6) is 5.75 Å². The van der Waals surface area contributed by atoms with E-state index in [0.717, 1.165) is 42.6 Å². The molecule has 8 nitrogen and oxygen atoms in total. The van der Waals surface area contributed by atoms with Gasteiger partial charge in [-0.15, -0.1) is 0 Å². The zero-order chi connectivity index (χ0) is 23.9. The zero-order valence-electron chi connectivity index (χ0n) is 19.6. The Hall–Kier alpha value is -2.68. The summed E-state index contributed by atoms with van der Waals surface area (Å²) in [5.41, 5.74) is 2.42. The molecule has 3 heterocycles. The average Bonchev–Trinajstić information content (AvgIpc) is 2.72. The van der Waals surface area contributed by atoms with Gasteiger partial charge in [0.25, 0.3) is 0 Å². The first-order valence-electron chi connectivity index (χ1n) is 11.2. The van der Waals surface area contributed by atoms with E-state index in [-0.39, 0.29) is 17.4 Å². The summed E-state index contributed by atoms with van der Waals surface area (Å²) in [6, 6.07) is 9.49. The molecule has 1 aromatic heterocycles. The third kappa shape index (κ3) is 5.82. The molecule has 0 bridgehead atoms. The van der Waals surface area contributed by atoms with Crippen molar-refractivity contribution in [1.29, 1.82) is 0 Å².